The van der Waals surface area contributed by atoms with Gasteiger partial charge >= 0.3 is 6.09 Å². The fraction of sp³-hybridized carbons (Fsp3) is 0.650. The van der Waals surface area contributed by atoms with Crippen LogP contribution in [0.15, 0.2) is 18.3 Å². The number of hydrogen-bond acceptors (Lipinski definition) is 5. The summed E-state index contributed by atoms with van der Waals surface area (Å²) in [5, 5.41) is 13.7. The molecule has 7 heteroatoms. The van der Waals surface area contributed by atoms with Crippen molar-refractivity contribution in [2.45, 2.75) is 65.6 Å². The van der Waals surface area contributed by atoms with Crippen LogP contribution in [0.2, 0.25) is 0 Å². The third-order valence-corrected chi connectivity index (χ3v) is 4.47. The topological polar surface area (TPSA) is 91.8 Å². The molecule has 2 rings (SSSR count). The summed E-state index contributed by atoms with van der Waals surface area (Å²) in [6.45, 7) is 11.8. The van der Waals surface area contributed by atoms with Crippen LogP contribution in [0.4, 0.5) is 10.6 Å². The molecule has 0 unspecified atom stereocenters. The summed E-state index contributed by atoms with van der Waals surface area (Å²) >= 11 is 0. The first-order chi connectivity index (χ1) is 12.3. The van der Waals surface area contributed by atoms with Gasteiger partial charge in [-0.3, -0.25) is 4.79 Å². The molecule has 1 saturated heterocycles. The SMILES string of the molecule is CC(C)(C)OC(=O)N1CCC(O)(c2ccc(NC(=O)C(C)(C)C)nc2)CC1. The van der Waals surface area contributed by atoms with Crippen LogP contribution in [0, 0.1) is 5.41 Å². The molecule has 2 N–H and O–H groups in total. The number of pyridine rings is 1. The molecule has 150 valence electrons. The average Bonchev–Trinajstić information content (AvgIpc) is 2.53. The number of anilines is 1. The van der Waals surface area contributed by atoms with Gasteiger partial charge in [-0.2, -0.15) is 0 Å². The maximum absolute atomic E-state index is 12.2. The molecule has 1 aromatic heterocycles. The summed E-state index contributed by atoms with van der Waals surface area (Å²) in [5.41, 5.74) is -1.41. The van der Waals surface area contributed by atoms with E-state index in [2.05, 4.69) is 10.3 Å². The zero-order valence-corrected chi connectivity index (χ0v) is 17.1. The quantitative estimate of drug-likeness (QED) is 0.825. The second kappa shape index (κ2) is 7.46. The van der Waals surface area contributed by atoms with E-state index in [1.54, 1.807) is 23.2 Å². The molecule has 1 aliphatic heterocycles. The second-order valence-electron chi connectivity index (χ2n) is 9.14. The molecule has 1 aromatic rings. The molecule has 1 fully saturated rings. The molecule has 0 aromatic carbocycles. The molecule has 0 saturated carbocycles. The van der Waals surface area contributed by atoms with Crippen LogP contribution in [0.3, 0.4) is 0 Å². The van der Waals surface area contributed by atoms with Crippen LogP contribution in [0.1, 0.15) is 59.9 Å². The van der Waals surface area contributed by atoms with Gasteiger partial charge < -0.3 is 20.1 Å². The Balaban J connectivity index is 1.99. The van der Waals surface area contributed by atoms with E-state index in [0.29, 0.717) is 37.3 Å². The Hall–Kier alpha value is -2.15. The number of ether oxygens (including phenoxy) is 1. The highest BCUT2D eigenvalue weighted by Crippen LogP contribution is 2.33. The minimum atomic E-state index is -1.04. The Morgan fingerprint density at radius 2 is 1.74 bits per heavy atom. The van der Waals surface area contributed by atoms with Gasteiger partial charge in [-0.1, -0.05) is 26.8 Å². The van der Waals surface area contributed by atoms with Crippen LogP contribution in [-0.2, 0) is 15.1 Å². The van der Waals surface area contributed by atoms with E-state index in [1.807, 2.05) is 41.5 Å². The molecule has 1 aliphatic rings. The van der Waals surface area contributed by atoms with Crippen LogP contribution in [0.5, 0.6) is 0 Å². The van der Waals surface area contributed by atoms with Crippen molar-refractivity contribution >= 4 is 17.8 Å². The Labute approximate surface area is 161 Å². The predicted octanol–water partition coefficient (Wildman–Crippen LogP) is 3.28. The lowest BCUT2D eigenvalue weighted by molar-refractivity contribution is -0.123. The minimum absolute atomic E-state index is 0.118. The number of hydrogen-bond donors (Lipinski definition) is 2. The number of carbonyl (C=O) groups is 2. The van der Waals surface area contributed by atoms with Gasteiger partial charge in [-0.05, 0) is 39.7 Å². The molecule has 0 radical (unpaired) electrons. The highest BCUT2D eigenvalue weighted by atomic mass is 16.6. The van der Waals surface area contributed by atoms with Crippen molar-refractivity contribution in [3.8, 4) is 0 Å². The number of nitrogens with one attached hydrogen (secondary N) is 1. The van der Waals surface area contributed by atoms with Gasteiger partial charge in [0.1, 0.15) is 11.4 Å². The highest BCUT2D eigenvalue weighted by molar-refractivity contribution is 5.93. The van der Waals surface area contributed by atoms with Gasteiger partial charge in [-0.15, -0.1) is 0 Å². The summed E-state index contributed by atoms with van der Waals surface area (Å²) in [4.78, 5) is 30.1. The van der Waals surface area contributed by atoms with Crippen molar-refractivity contribution in [2.75, 3.05) is 18.4 Å². The van der Waals surface area contributed by atoms with E-state index in [1.165, 1.54) is 0 Å². The zero-order valence-electron chi connectivity index (χ0n) is 17.1. The molecule has 2 amide bonds. The normalized spacial score (nSPS) is 17.4. The van der Waals surface area contributed by atoms with E-state index in [-0.39, 0.29) is 12.0 Å². The smallest absolute Gasteiger partial charge is 0.410 e. The predicted molar refractivity (Wildman–Crippen MR) is 103 cm³/mol. The maximum Gasteiger partial charge on any atom is 0.410 e. The maximum atomic E-state index is 12.2. The second-order valence-corrected chi connectivity index (χ2v) is 9.14. The molecule has 2 heterocycles. The van der Waals surface area contributed by atoms with E-state index < -0.39 is 16.6 Å². The van der Waals surface area contributed by atoms with Gasteiger partial charge in [0.15, 0.2) is 0 Å². The number of piperidine rings is 1. The number of rotatable bonds is 2. The van der Waals surface area contributed by atoms with Crippen LogP contribution < -0.4 is 5.32 Å². The molecular weight excluding hydrogens is 346 g/mol. The highest BCUT2D eigenvalue weighted by Gasteiger charge is 2.37. The summed E-state index contributed by atoms with van der Waals surface area (Å²) in [5.74, 6) is 0.334. The molecular formula is C20H31N3O4. The average molecular weight is 377 g/mol. The summed E-state index contributed by atoms with van der Waals surface area (Å²) < 4.78 is 5.38. The molecule has 7 nitrogen and oxygen atoms in total. The standard InChI is InChI=1S/C20H31N3O4/c1-18(2,3)16(24)22-15-8-7-14(13-21-15)20(26)9-11-23(12-10-20)17(25)27-19(4,5)6/h7-8,13,26H,9-12H2,1-6H3,(H,21,22,24). The first kappa shape index (κ1) is 21.2. The van der Waals surface area contributed by atoms with E-state index in [9.17, 15) is 14.7 Å². The minimum Gasteiger partial charge on any atom is -0.444 e. The fourth-order valence-corrected chi connectivity index (χ4v) is 2.72. The molecule has 27 heavy (non-hydrogen) atoms. The van der Waals surface area contributed by atoms with Gasteiger partial charge in [0.05, 0.1) is 5.60 Å². The number of aromatic nitrogens is 1. The number of aliphatic hydroxyl groups is 1. The van der Waals surface area contributed by atoms with Gasteiger partial charge in [0, 0.05) is 30.3 Å². The molecule has 0 aliphatic carbocycles. The Bertz CT molecular complexity index is 679. The van der Waals surface area contributed by atoms with Crippen molar-refractivity contribution in [2.24, 2.45) is 5.41 Å². The van der Waals surface area contributed by atoms with Crippen LogP contribution in [-0.4, -0.2) is 45.7 Å². The summed E-state index contributed by atoms with van der Waals surface area (Å²) in [6.07, 6.45) is 2.04. The zero-order chi connectivity index (χ0) is 20.5. The van der Waals surface area contributed by atoms with E-state index in [4.69, 9.17) is 4.74 Å². The molecule has 0 spiro atoms. The third-order valence-electron chi connectivity index (χ3n) is 4.47. The van der Waals surface area contributed by atoms with Crippen molar-refractivity contribution in [3.05, 3.63) is 23.9 Å². The van der Waals surface area contributed by atoms with Crippen LogP contribution in [0.25, 0.3) is 0 Å². The Kier molecular flexibility index (Phi) is 5.85. The number of amides is 2. The van der Waals surface area contributed by atoms with Crippen molar-refractivity contribution in [3.63, 3.8) is 0 Å². The summed E-state index contributed by atoms with van der Waals surface area (Å²) in [7, 11) is 0. The van der Waals surface area contributed by atoms with Crippen molar-refractivity contribution in [1.82, 2.24) is 9.88 Å². The lowest BCUT2D eigenvalue weighted by atomic mass is 9.85. The first-order valence-corrected chi connectivity index (χ1v) is 9.28. The third kappa shape index (κ3) is 5.66. The van der Waals surface area contributed by atoms with Crippen LogP contribution >= 0.6 is 0 Å². The lowest BCUT2D eigenvalue weighted by Gasteiger charge is -2.38. The van der Waals surface area contributed by atoms with Gasteiger partial charge in [0.25, 0.3) is 0 Å². The molecule has 0 bridgehead atoms. The monoisotopic (exact) mass is 377 g/mol. The number of carbonyl (C=O) groups excluding carboxylic acids is 2. The Morgan fingerprint density at radius 1 is 1.15 bits per heavy atom. The fourth-order valence-electron chi connectivity index (χ4n) is 2.72. The van der Waals surface area contributed by atoms with Crippen molar-refractivity contribution < 1.29 is 19.4 Å². The van der Waals surface area contributed by atoms with Crippen molar-refractivity contribution in [1.29, 1.82) is 0 Å². The Morgan fingerprint density at radius 3 is 2.19 bits per heavy atom. The lowest BCUT2D eigenvalue weighted by Crippen LogP contribution is -2.46. The number of nitrogens with zero attached hydrogens (tertiary/aromatic N) is 2. The number of likely N-dealkylation sites (tertiary alicyclic amines) is 1. The molecule has 0 atom stereocenters. The van der Waals surface area contributed by atoms with E-state index >= 15 is 0 Å². The van der Waals surface area contributed by atoms with Gasteiger partial charge in [0.2, 0.25) is 5.91 Å². The largest absolute Gasteiger partial charge is 0.444 e. The van der Waals surface area contributed by atoms with Gasteiger partial charge in [-0.25, -0.2) is 9.78 Å². The van der Waals surface area contributed by atoms with E-state index in [0.717, 1.165) is 0 Å². The summed E-state index contributed by atoms with van der Waals surface area (Å²) in [6, 6.07) is 3.46. The first-order valence-electron chi connectivity index (χ1n) is 9.28.